The lowest BCUT2D eigenvalue weighted by Crippen LogP contribution is -2.48. The van der Waals surface area contributed by atoms with Gasteiger partial charge in [0.15, 0.2) is 0 Å². The number of carbonyl (C=O) groups excluding carboxylic acids is 1. The third-order valence-corrected chi connectivity index (χ3v) is 6.22. The topological polar surface area (TPSA) is 57.6 Å². The maximum Gasteiger partial charge on any atom is 0.326 e. The monoisotopic (exact) mass is 277 g/mol. The van der Waals surface area contributed by atoms with Gasteiger partial charge in [-0.25, -0.2) is 4.79 Å². The summed E-state index contributed by atoms with van der Waals surface area (Å²) in [5.41, 5.74) is 0. The molecule has 1 amide bonds. The van der Waals surface area contributed by atoms with Crippen LogP contribution in [0.15, 0.2) is 0 Å². The lowest BCUT2D eigenvalue weighted by Gasteiger charge is -2.34. The number of carboxylic acid groups (broad SMARTS) is 1. The zero-order valence-corrected chi connectivity index (χ0v) is 11.8. The van der Waals surface area contributed by atoms with E-state index in [2.05, 4.69) is 0 Å². The number of nitrogens with zero attached hydrogens (tertiary/aromatic N) is 1. The van der Waals surface area contributed by atoms with Gasteiger partial charge in [0.25, 0.3) is 0 Å². The number of likely N-dealkylation sites (tertiary alicyclic amines) is 1. The zero-order chi connectivity index (χ0) is 13.9. The van der Waals surface area contributed by atoms with Crippen molar-refractivity contribution in [2.24, 2.45) is 23.7 Å². The lowest BCUT2D eigenvalue weighted by molar-refractivity contribution is -0.151. The molecule has 3 aliphatic carbocycles. The Balaban J connectivity index is 1.55. The van der Waals surface area contributed by atoms with E-state index in [9.17, 15) is 14.7 Å². The number of carbonyl (C=O) groups is 2. The molecular weight excluding hydrogens is 254 g/mol. The van der Waals surface area contributed by atoms with Crippen LogP contribution in [0.25, 0.3) is 0 Å². The van der Waals surface area contributed by atoms with E-state index >= 15 is 0 Å². The molecule has 1 heterocycles. The Kier molecular flexibility index (Phi) is 2.83. The fraction of sp³-hybridized carbons (Fsp3) is 0.875. The lowest BCUT2D eigenvalue weighted by atomic mass is 9.84. The minimum absolute atomic E-state index is 0.126. The molecule has 0 bridgehead atoms. The Labute approximate surface area is 119 Å². The highest BCUT2D eigenvalue weighted by Gasteiger charge is 2.53. The number of hydrogen-bond donors (Lipinski definition) is 1. The van der Waals surface area contributed by atoms with Crippen molar-refractivity contribution in [3.63, 3.8) is 0 Å². The Morgan fingerprint density at radius 1 is 0.900 bits per heavy atom. The van der Waals surface area contributed by atoms with E-state index in [1.165, 1.54) is 12.8 Å². The van der Waals surface area contributed by atoms with Gasteiger partial charge in [-0.2, -0.15) is 0 Å². The Morgan fingerprint density at radius 2 is 1.60 bits per heavy atom. The average molecular weight is 277 g/mol. The fourth-order valence-electron chi connectivity index (χ4n) is 5.12. The van der Waals surface area contributed by atoms with Crippen LogP contribution in [0.1, 0.15) is 51.4 Å². The number of carboxylic acids is 1. The van der Waals surface area contributed by atoms with Crippen LogP contribution in [0.3, 0.4) is 0 Å². The first-order valence-electron chi connectivity index (χ1n) is 8.20. The van der Waals surface area contributed by atoms with Gasteiger partial charge in [-0.1, -0.05) is 12.8 Å². The molecule has 0 aromatic heterocycles. The number of amides is 1. The van der Waals surface area contributed by atoms with Gasteiger partial charge in [0.2, 0.25) is 5.91 Å². The highest BCUT2D eigenvalue weighted by molar-refractivity contribution is 5.86. The Hall–Kier alpha value is -1.06. The van der Waals surface area contributed by atoms with Crippen LogP contribution in [0.5, 0.6) is 0 Å². The van der Waals surface area contributed by atoms with Gasteiger partial charge < -0.3 is 10.0 Å². The molecule has 0 aromatic carbocycles. The predicted molar refractivity (Wildman–Crippen MR) is 73.0 cm³/mol. The Bertz CT molecular complexity index is 439. The molecule has 4 heteroatoms. The first-order valence-corrected chi connectivity index (χ1v) is 8.20. The van der Waals surface area contributed by atoms with Gasteiger partial charge in [0.1, 0.15) is 6.04 Å². The van der Waals surface area contributed by atoms with Gasteiger partial charge in [-0.05, 0) is 56.3 Å². The van der Waals surface area contributed by atoms with Crippen LogP contribution in [-0.2, 0) is 9.59 Å². The summed E-state index contributed by atoms with van der Waals surface area (Å²) in [7, 11) is 0. The van der Waals surface area contributed by atoms with Crippen molar-refractivity contribution in [3.8, 4) is 0 Å². The van der Waals surface area contributed by atoms with E-state index in [0.717, 1.165) is 43.9 Å². The molecular formula is C16H23NO3. The molecule has 4 nitrogen and oxygen atoms in total. The van der Waals surface area contributed by atoms with Crippen LogP contribution in [0.4, 0.5) is 0 Å². The molecule has 5 atom stereocenters. The number of fused-ring (bicyclic) bond motifs is 2. The molecule has 110 valence electrons. The third-order valence-electron chi connectivity index (χ3n) is 6.22. The zero-order valence-electron chi connectivity index (χ0n) is 11.8. The second-order valence-electron chi connectivity index (χ2n) is 7.37. The quantitative estimate of drug-likeness (QED) is 0.842. The molecule has 4 rings (SSSR count). The minimum atomic E-state index is -0.795. The highest BCUT2D eigenvalue weighted by atomic mass is 16.4. The molecule has 20 heavy (non-hydrogen) atoms. The van der Waals surface area contributed by atoms with Gasteiger partial charge in [-0.15, -0.1) is 0 Å². The number of hydrogen-bond acceptors (Lipinski definition) is 2. The van der Waals surface area contributed by atoms with Crippen LogP contribution >= 0.6 is 0 Å². The van der Waals surface area contributed by atoms with Crippen LogP contribution in [0, 0.1) is 23.7 Å². The smallest absolute Gasteiger partial charge is 0.326 e. The van der Waals surface area contributed by atoms with Crippen molar-refractivity contribution in [2.45, 2.75) is 63.5 Å². The normalized spacial score (nSPS) is 45.9. The molecule has 0 spiro atoms. The summed E-state index contributed by atoms with van der Waals surface area (Å²) in [6, 6.07) is -0.332. The third kappa shape index (κ3) is 1.87. The van der Waals surface area contributed by atoms with E-state index in [1.54, 1.807) is 0 Å². The first-order chi connectivity index (χ1) is 9.65. The van der Waals surface area contributed by atoms with Crippen molar-refractivity contribution in [1.82, 2.24) is 4.90 Å². The van der Waals surface area contributed by atoms with Crippen molar-refractivity contribution in [1.29, 1.82) is 0 Å². The highest BCUT2D eigenvalue weighted by Crippen LogP contribution is 2.55. The molecule has 1 N–H and O–H groups in total. The summed E-state index contributed by atoms with van der Waals surface area (Å²) in [5, 5.41) is 9.49. The van der Waals surface area contributed by atoms with E-state index in [1.807, 2.05) is 4.90 Å². The van der Waals surface area contributed by atoms with Crippen LogP contribution in [-0.4, -0.2) is 34.0 Å². The minimum Gasteiger partial charge on any atom is -0.480 e. The Morgan fingerprint density at radius 3 is 2.30 bits per heavy atom. The van der Waals surface area contributed by atoms with Gasteiger partial charge >= 0.3 is 5.97 Å². The maximum absolute atomic E-state index is 12.8. The number of rotatable bonds is 2. The maximum atomic E-state index is 12.8. The summed E-state index contributed by atoms with van der Waals surface area (Å²) in [5.74, 6) is 1.48. The molecule has 0 radical (unpaired) electrons. The van der Waals surface area contributed by atoms with E-state index < -0.39 is 12.0 Å². The molecule has 0 aromatic rings. The number of aliphatic carboxylic acids is 1. The van der Waals surface area contributed by atoms with Crippen molar-refractivity contribution >= 4 is 11.9 Å². The van der Waals surface area contributed by atoms with Gasteiger partial charge in [-0.3, -0.25) is 4.79 Å². The van der Waals surface area contributed by atoms with E-state index in [4.69, 9.17) is 0 Å². The standard InChI is InChI=1S/C16H23NO3/c18-15(12-6-10-5-11(10)7-12)17-13-4-2-1-3-9(13)8-14(17)16(19)20/h9-14H,1-8H2,(H,19,20). The SMILES string of the molecule is O=C(O)C1CC2CCCCC2N1C(=O)C1CC2CC2C1. The van der Waals surface area contributed by atoms with Crippen LogP contribution in [0.2, 0.25) is 0 Å². The molecule has 4 fully saturated rings. The predicted octanol–water partition coefficient (Wildman–Crippen LogP) is 2.28. The molecule has 3 saturated carbocycles. The van der Waals surface area contributed by atoms with Crippen molar-refractivity contribution in [3.05, 3.63) is 0 Å². The van der Waals surface area contributed by atoms with E-state index in [0.29, 0.717) is 12.3 Å². The summed E-state index contributed by atoms with van der Waals surface area (Å²) < 4.78 is 0. The van der Waals surface area contributed by atoms with Crippen LogP contribution < -0.4 is 0 Å². The summed E-state index contributed by atoms with van der Waals surface area (Å²) in [6.07, 6.45) is 8.49. The summed E-state index contributed by atoms with van der Waals surface area (Å²) in [4.78, 5) is 26.2. The molecule has 5 unspecified atom stereocenters. The fourth-order valence-corrected chi connectivity index (χ4v) is 5.12. The first kappa shape index (κ1) is 12.7. The van der Waals surface area contributed by atoms with Crippen molar-refractivity contribution < 1.29 is 14.7 Å². The largest absolute Gasteiger partial charge is 0.480 e. The molecule has 4 aliphatic rings. The second kappa shape index (κ2) is 4.47. The second-order valence-corrected chi connectivity index (χ2v) is 7.37. The van der Waals surface area contributed by atoms with Gasteiger partial charge in [0, 0.05) is 12.0 Å². The van der Waals surface area contributed by atoms with Gasteiger partial charge in [0.05, 0.1) is 0 Å². The summed E-state index contributed by atoms with van der Waals surface area (Å²) >= 11 is 0. The summed E-state index contributed by atoms with van der Waals surface area (Å²) in [6.45, 7) is 0. The van der Waals surface area contributed by atoms with E-state index in [-0.39, 0.29) is 17.9 Å². The average Bonchev–Trinajstić information content (AvgIpc) is 2.89. The molecule has 1 aliphatic heterocycles. The van der Waals surface area contributed by atoms with Crippen molar-refractivity contribution in [2.75, 3.05) is 0 Å². The molecule has 1 saturated heterocycles.